The predicted molar refractivity (Wildman–Crippen MR) is 68.4 cm³/mol. The molecule has 2 N–H and O–H groups in total. The summed E-state index contributed by atoms with van der Waals surface area (Å²) in [7, 11) is 1.85. The first-order chi connectivity index (χ1) is 8.16. The van der Waals surface area contributed by atoms with Crippen LogP contribution in [0.15, 0.2) is 12.3 Å². The normalized spacial score (nSPS) is 17.1. The highest BCUT2D eigenvalue weighted by molar-refractivity contribution is 6.30. The molecule has 5 heteroatoms. The van der Waals surface area contributed by atoms with Crippen LogP contribution in [0.5, 0.6) is 0 Å². The molecule has 0 aliphatic carbocycles. The van der Waals surface area contributed by atoms with Crippen molar-refractivity contribution in [2.24, 2.45) is 5.92 Å². The van der Waals surface area contributed by atoms with Gasteiger partial charge in [-0.05, 0) is 37.9 Å². The zero-order chi connectivity index (χ0) is 12.3. The van der Waals surface area contributed by atoms with Gasteiger partial charge in [0, 0.05) is 19.8 Å². The lowest BCUT2D eigenvalue weighted by molar-refractivity contribution is 0.0757. The Bertz CT molecular complexity index is 385. The Morgan fingerprint density at radius 2 is 2.24 bits per heavy atom. The molecular formula is C12H18ClN3O. The van der Waals surface area contributed by atoms with Gasteiger partial charge in [0.15, 0.2) is 0 Å². The third-order valence-corrected chi connectivity index (χ3v) is 3.43. The summed E-state index contributed by atoms with van der Waals surface area (Å²) < 4.78 is 0. The summed E-state index contributed by atoms with van der Waals surface area (Å²) in [6.45, 7) is 2.93. The quantitative estimate of drug-likeness (QED) is 0.864. The number of nitrogens with one attached hydrogen (secondary N) is 2. The molecule has 17 heavy (non-hydrogen) atoms. The molecule has 2 heterocycles. The van der Waals surface area contributed by atoms with Crippen molar-refractivity contribution < 1.29 is 4.79 Å². The number of hydrogen-bond acceptors (Lipinski definition) is 2. The Morgan fingerprint density at radius 3 is 2.82 bits per heavy atom. The predicted octanol–water partition coefficient (Wildman–Crippen LogP) is 1.74. The van der Waals surface area contributed by atoms with Gasteiger partial charge in [-0.3, -0.25) is 4.79 Å². The second-order valence-corrected chi connectivity index (χ2v) is 5.05. The van der Waals surface area contributed by atoms with Crippen molar-refractivity contribution in [1.82, 2.24) is 15.2 Å². The SMILES string of the molecule is CN(CC1CCNCC1)C(=O)c1cc(Cl)c[nH]1. The summed E-state index contributed by atoms with van der Waals surface area (Å²) in [5.74, 6) is 0.617. The Hall–Kier alpha value is -1.00. The number of aromatic nitrogens is 1. The minimum absolute atomic E-state index is 0.00966. The summed E-state index contributed by atoms with van der Waals surface area (Å²) in [6.07, 6.45) is 3.92. The number of H-pyrrole nitrogens is 1. The molecule has 2 rings (SSSR count). The molecule has 1 aliphatic heterocycles. The number of rotatable bonds is 3. The van der Waals surface area contributed by atoms with Crippen molar-refractivity contribution in [3.63, 3.8) is 0 Å². The molecule has 0 saturated carbocycles. The first kappa shape index (κ1) is 12.5. The number of amides is 1. The van der Waals surface area contributed by atoms with Crippen molar-refractivity contribution in [3.05, 3.63) is 23.0 Å². The van der Waals surface area contributed by atoms with Crippen molar-refractivity contribution >= 4 is 17.5 Å². The minimum Gasteiger partial charge on any atom is -0.356 e. The van der Waals surface area contributed by atoms with E-state index in [4.69, 9.17) is 11.6 Å². The number of carbonyl (C=O) groups is 1. The lowest BCUT2D eigenvalue weighted by atomic mass is 9.97. The first-order valence-electron chi connectivity index (χ1n) is 5.97. The van der Waals surface area contributed by atoms with E-state index in [-0.39, 0.29) is 5.91 Å². The van der Waals surface area contributed by atoms with E-state index in [1.807, 2.05) is 7.05 Å². The largest absolute Gasteiger partial charge is 0.356 e. The molecule has 0 spiro atoms. The van der Waals surface area contributed by atoms with Gasteiger partial charge >= 0.3 is 0 Å². The topological polar surface area (TPSA) is 48.1 Å². The van der Waals surface area contributed by atoms with E-state index in [0.29, 0.717) is 16.6 Å². The Labute approximate surface area is 106 Å². The maximum absolute atomic E-state index is 12.1. The Balaban J connectivity index is 1.90. The number of nitrogens with zero attached hydrogens (tertiary/aromatic N) is 1. The number of piperidine rings is 1. The van der Waals surface area contributed by atoms with Crippen LogP contribution in [0, 0.1) is 5.92 Å². The molecule has 0 unspecified atom stereocenters. The second kappa shape index (κ2) is 5.56. The smallest absolute Gasteiger partial charge is 0.270 e. The highest BCUT2D eigenvalue weighted by atomic mass is 35.5. The van der Waals surface area contributed by atoms with Crippen LogP contribution in [0.1, 0.15) is 23.3 Å². The fourth-order valence-corrected chi connectivity index (χ4v) is 2.40. The van der Waals surface area contributed by atoms with Gasteiger partial charge in [0.05, 0.1) is 5.02 Å². The third kappa shape index (κ3) is 3.23. The van der Waals surface area contributed by atoms with E-state index < -0.39 is 0 Å². The van der Waals surface area contributed by atoms with E-state index in [2.05, 4.69) is 10.3 Å². The van der Waals surface area contributed by atoms with Crippen LogP contribution in [0.2, 0.25) is 5.02 Å². The van der Waals surface area contributed by atoms with Crippen LogP contribution < -0.4 is 5.32 Å². The monoisotopic (exact) mass is 255 g/mol. The number of halogens is 1. The fourth-order valence-electron chi connectivity index (χ4n) is 2.23. The summed E-state index contributed by atoms with van der Waals surface area (Å²) in [4.78, 5) is 16.7. The summed E-state index contributed by atoms with van der Waals surface area (Å²) >= 11 is 5.79. The highest BCUT2D eigenvalue weighted by Crippen LogP contribution is 2.15. The lowest BCUT2D eigenvalue weighted by Crippen LogP contribution is -2.37. The Kier molecular flexibility index (Phi) is 4.07. The first-order valence-corrected chi connectivity index (χ1v) is 6.34. The molecule has 1 fully saturated rings. The number of aromatic amines is 1. The molecule has 1 amide bonds. The van der Waals surface area contributed by atoms with Crippen LogP contribution in [0.25, 0.3) is 0 Å². The molecule has 1 saturated heterocycles. The zero-order valence-corrected chi connectivity index (χ0v) is 10.8. The van der Waals surface area contributed by atoms with Gasteiger partial charge in [0.1, 0.15) is 5.69 Å². The fraction of sp³-hybridized carbons (Fsp3) is 0.583. The lowest BCUT2D eigenvalue weighted by Gasteiger charge is -2.27. The molecular weight excluding hydrogens is 238 g/mol. The van der Waals surface area contributed by atoms with E-state index in [1.165, 1.54) is 0 Å². The van der Waals surface area contributed by atoms with Gasteiger partial charge in [-0.1, -0.05) is 11.6 Å². The van der Waals surface area contributed by atoms with Crippen LogP contribution in [0.4, 0.5) is 0 Å². The average molecular weight is 256 g/mol. The minimum atomic E-state index is 0.00966. The molecule has 4 nitrogen and oxygen atoms in total. The van der Waals surface area contributed by atoms with Gasteiger partial charge in [0.2, 0.25) is 0 Å². The standard InChI is InChI=1S/C12H18ClN3O/c1-16(8-9-2-4-14-5-3-9)12(17)11-6-10(13)7-15-11/h6-7,9,14-15H,2-5,8H2,1H3. The molecule has 1 aliphatic rings. The van der Waals surface area contributed by atoms with E-state index in [0.717, 1.165) is 32.5 Å². The van der Waals surface area contributed by atoms with E-state index in [1.54, 1.807) is 17.2 Å². The molecule has 0 atom stereocenters. The van der Waals surface area contributed by atoms with E-state index in [9.17, 15) is 4.79 Å². The maximum Gasteiger partial charge on any atom is 0.270 e. The van der Waals surface area contributed by atoms with Crippen molar-refractivity contribution in [2.45, 2.75) is 12.8 Å². The van der Waals surface area contributed by atoms with Crippen LogP contribution >= 0.6 is 11.6 Å². The summed E-state index contributed by atoms with van der Waals surface area (Å²) in [5, 5.41) is 3.90. The van der Waals surface area contributed by atoms with Crippen LogP contribution in [0.3, 0.4) is 0 Å². The van der Waals surface area contributed by atoms with Gasteiger partial charge in [0.25, 0.3) is 5.91 Å². The van der Waals surface area contributed by atoms with Gasteiger partial charge in [-0.15, -0.1) is 0 Å². The van der Waals surface area contributed by atoms with Crippen molar-refractivity contribution in [1.29, 1.82) is 0 Å². The van der Waals surface area contributed by atoms with Crippen molar-refractivity contribution in [3.8, 4) is 0 Å². The average Bonchev–Trinajstić information content (AvgIpc) is 2.76. The summed E-state index contributed by atoms with van der Waals surface area (Å²) in [6, 6.07) is 1.67. The molecule has 1 aromatic rings. The van der Waals surface area contributed by atoms with Crippen molar-refractivity contribution in [2.75, 3.05) is 26.7 Å². The maximum atomic E-state index is 12.1. The van der Waals surface area contributed by atoms with Crippen LogP contribution in [-0.4, -0.2) is 42.5 Å². The molecule has 94 valence electrons. The molecule has 0 aromatic carbocycles. The molecule has 1 aromatic heterocycles. The Morgan fingerprint density at radius 1 is 1.53 bits per heavy atom. The molecule has 0 radical (unpaired) electrons. The highest BCUT2D eigenvalue weighted by Gasteiger charge is 2.19. The summed E-state index contributed by atoms with van der Waals surface area (Å²) in [5.41, 5.74) is 0.562. The van der Waals surface area contributed by atoms with Gasteiger partial charge < -0.3 is 15.2 Å². The zero-order valence-electron chi connectivity index (χ0n) is 10.0. The van der Waals surface area contributed by atoms with E-state index >= 15 is 0 Å². The second-order valence-electron chi connectivity index (χ2n) is 4.61. The molecule has 0 bridgehead atoms. The number of carbonyl (C=O) groups excluding carboxylic acids is 1. The van der Waals surface area contributed by atoms with Gasteiger partial charge in [-0.25, -0.2) is 0 Å². The van der Waals surface area contributed by atoms with Gasteiger partial charge in [-0.2, -0.15) is 0 Å². The van der Waals surface area contributed by atoms with Crippen LogP contribution in [-0.2, 0) is 0 Å². The third-order valence-electron chi connectivity index (χ3n) is 3.22. The number of hydrogen-bond donors (Lipinski definition) is 2.